The topological polar surface area (TPSA) is 59.2 Å². The van der Waals surface area contributed by atoms with Crippen molar-refractivity contribution in [2.45, 2.75) is 38.1 Å². The molecule has 0 spiro atoms. The van der Waals surface area contributed by atoms with Crippen molar-refractivity contribution in [1.29, 1.82) is 0 Å². The van der Waals surface area contributed by atoms with Gasteiger partial charge in [0.1, 0.15) is 5.82 Å². The predicted molar refractivity (Wildman–Crippen MR) is 103 cm³/mol. The van der Waals surface area contributed by atoms with Crippen LogP contribution in [-0.2, 0) is 6.42 Å². The molecule has 1 fully saturated rings. The van der Waals surface area contributed by atoms with Gasteiger partial charge in [-0.1, -0.05) is 30.1 Å². The van der Waals surface area contributed by atoms with Gasteiger partial charge in [0.15, 0.2) is 11.5 Å². The van der Waals surface area contributed by atoms with Crippen LogP contribution in [0.3, 0.4) is 0 Å². The number of hydrogen-bond donors (Lipinski definition) is 0. The number of rotatable bonds is 6. The quantitative estimate of drug-likeness (QED) is 0.633. The number of benzene rings is 1. The molecule has 1 aliphatic carbocycles. The summed E-state index contributed by atoms with van der Waals surface area (Å²) < 4.78 is 18.5. The number of hydrogen-bond acceptors (Lipinski definition) is 4. The lowest BCUT2D eigenvalue weighted by Gasteiger charge is -2.28. The van der Waals surface area contributed by atoms with Crippen molar-refractivity contribution in [1.82, 2.24) is 15.0 Å². The number of amides is 1. The Labute approximate surface area is 163 Å². The van der Waals surface area contributed by atoms with Gasteiger partial charge in [0.2, 0.25) is 0 Å². The largest absolute Gasteiger partial charge is 0.355 e. The molecule has 3 aromatic rings. The van der Waals surface area contributed by atoms with Crippen molar-refractivity contribution < 1.29 is 13.7 Å². The van der Waals surface area contributed by atoms with E-state index in [1.54, 1.807) is 30.6 Å². The first kappa shape index (κ1) is 18.3. The van der Waals surface area contributed by atoms with Gasteiger partial charge >= 0.3 is 0 Å². The zero-order valence-electron chi connectivity index (χ0n) is 15.6. The van der Waals surface area contributed by atoms with Crippen LogP contribution in [0.25, 0.3) is 11.3 Å². The molecule has 5 nitrogen and oxygen atoms in total. The maximum absolute atomic E-state index is 13.2. The van der Waals surface area contributed by atoms with Crippen LogP contribution < -0.4 is 0 Å². The summed E-state index contributed by atoms with van der Waals surface area (Å²) in [7, 11) is 0. The monoisotopic (exact) mass is 379 g/mol. The van der Waals surface area contributed by atoms with E-state index in [0.29, 0.717) is 24.4 Å². The highest BCUT2D eigenvalue weighted by atomic mass is 19.1. The molecule has 28 heavy (non-hydrogen) atoms. The first-order valence-electron chi connectivity index (χ1n) is 9.63. The molecule has 6 heteroatoms. The number of nitrogens with zero attached hydrogens (tertiary/aromatic N) is 3. The Balaban J connectivity index is 1.51. The second kappa shape index (κ2) is 8.33. The molecular formula is C22H22FN3O2. The summed E-state index contributed by atoms with van der Waals surface area (Å²) in [6.07, 6.45) is 8.30. The molecule has 0 N–H and O–H groups in total. The average Bonchev–Trinajstić information content (AvgIpc) is 3.42. The highest BCUT2D eigenvalue weighted by Gasteiger charge is 2.29. The van der Waals surface area contributed by atoms with Crippen LogP contribution in [0.4, 0.5) is 4.39 Å². The summed E-state index contributed by atoms with van der Waals surface area (Å²) in [4.78, 5) is 19.2. The molecule has 0 aliphatic heterocycles. The summed E-state index contributed by atoms with van der Waals surface area (Å²) >= 11 is 0. The molecule has 2 aromatic heterocycles. The molecule has 1 aliphatic rings. The molecule has 0 radical (unpaired) electrons. The van der Waals surface area contributed by atoms with Gasteiger partial charge in [-0.3, -0.25) is 9.78 Å². The van der Waals surface area contributed by atoms with E-state index in [2.05, 4.69) is 10.1 Å². The molecule has 0 unspecified atom stereocenters. The fourth-order valence-corrected chi connectivity index (χ4v) is 3.73. The van der Waals surface area contributed by atoms with E-state index < -0.39 is 0 Å². The Bertz CT molecular complexity index is 918. The van der Waals surface area contributed by atoms with E-state index >= 15 is 0 Å². The summed E-state index contributed by atoms with van der Waals surface area (Å²) in [6.45, 7) is 0.574. The predicted octanol–water partition coefficient (Wildman–Crippen LogP) is 4.50. The van der Waals surface area contributed by atoms with E-state index in [9.17, 15) is 9.18 Å². The lowest BCUT2D eigenvalue weighted by Crippen LogP contribution is -2.40. The molecule has 2 heterocycles. The van der Waals surface area contributed by atoms with Crippen molar-refractivity contribution in [2.75, 3.05) is 6.54 Å². The minimum absolute atomic E-state index is 0.118. The molecule has 144 valence electrons. The van der Waals surface area contributed by atoms with Crippen LogP contribution in [0, 0.1) is 5.82 Å². The molecular weight excluding hydrogens is 357 g/mol. The van der Waals surface area contributed by atoms with Gasteiger partial charge in [-0.25, -0.2) is 4.39 Å². The number of aromatic nitrogens is 2. The first-order valence-corrected chi connectivity index (χ1v) is 9.63. The third-order valence-electron chi connectivity index (χ3n) is 5.26. The van der Waals surface area contributed by atoms with Crippen molar-refractivity contribution >= 4 is 5.91 Å². The normalized spacial score (nSPS) is 14.3. The van der Waals surface area contributed by atoms with Crippen LogP contribution in [-0.4, -0.2) is 33.5 Å². The van der Waals surface area contributed by atoms with E-state index in [-0.39, 0.29) is 17.8 Å². The lowest BCUT2D eigenvalue weighted by atomic mass is 10.1. The fourth-order valence-electron chi connectivity index (χ4n) is 3.73. The van der Waals surface area contributed by atoms with Crippen molar-refractivity contribution in [3.05, 3.63) is 71.9 Å². The van der Waals surface area contributed by atoms with E-state index in [0.717, 1.165) is 36.8 Å². The summed E-state index contributed by atoms with van der Waals surface area (Å²) in [6, 6.07) is 12.0. The van der Waals surface area contributed by atoms with Crippen molar-refractivity contribution in [2.24, 2.45) is 0 Å². The number of halogens is 1. The molecule has 0 saturated heterocycles. The fraction of sp³-hybridized carbons (Fsp3) is 0.318. The summed E-state index contributed by atoms with van der Waals surface area (Å²) in [5.74, 6) is 0.160. The molecule has 1 aromatic carbocycles. The average molecular weight is 379 g/mol. The van der Waals surface area contributed by atoms with Crippen LogP contribution in [0.1, 0.15) is 41.7 Å². The first-order chi connectivity index (χ1) is 13.7. The maximum atomic E-state index is 13.2. The number of pyridine rings is 1. The minimum Gasteiger partial charge on any atom is -0.355 e. The smallest absolute Gasteiger partial charge is 0.276 e. The molecule has 4 rings (SSSR count). The van der Waals surface area contributed by atoms with Gasteiger partial charge in [-0.2, -0.15) is 0 Å². The highest BCUT2D eigenvalue weighted by molar-refractivity contribution is 5.93. The number of carbonyl (C=O) groups excluding carboxylic acids is 1. The lowest BCUT2D eigenvalue weighted by molar-refractivity contribution is 0.0673. The maximum Gasteiger partial charge on any atom is 0.276 e. The zero-order valence-corrected chi connectivity index (χ0v) is 15.6. The Morgan fingerprint density at radius 3 is 2.68 bits per heavy atom. The van der Waals surface area contributed by atoms with Crippen LogP contribution in [0.2, 0.25) is 0 Å². The minimum atomic E-state index is -0.252. The van der Waals surface area contributed by atoms with Crippen molar-refractivity contribution in [3.63, 3.8) is 0 Å². The second-order valence-corrected chi connectivity index (χ2v) is 7.13. The van der Waals surface area contributed by atoms with Gasteiger partial charge in [-0.05, 0) is 49.1 Å². The van der Waals surface area contributed by atoms with Gasteiger partial charge in [0.25, 0.3) is 5.91 Å². The van der Waals surface area contributed by atoms with Gasteiger partial charge in [0.05, 0.1) is 0 Å². The van der Waals surface area contributed by atoms with Crippen LogP contribution in [0.15, 0.2) is 59.4 Å². The van der Waals surface area contributed by atoms with E-state index in [1.807, 2.05) is 17.0 Å². The Morgan fingerprint density at radius 1 is 1.18 bits per heavy atom. The Morgan fingerprint density at radius 2 is 1.96 bits per heavy atom. The van der Waals surface area contributed by atoms with Crippen molar-refractivity contribution in [3.8, 4) is 11.3 Å². The third-order valence-corrected chi connectivity index (χ3v) is 5.26. The van der Waals surface area contributed by atoms with Gasteiger partial charge in [-0.15, -0.1) is 0 Å². The molecule has 1 amide bonds. The van der Waals surface area contributed by atoms with E-state index in [1.165, 1.54) is 12.1 Å². The molecule has 0 atom stereocenters. The summed E-state index contributed by atoms with van der Waals surface area (Å²) in [5, 5.41) is 4.01. The van der Waals surface area contributed by atoms with Crippen LogP contribution >= 0.6 is 0 Å². The third kappa shape index (κ3) is 4.11. The molecule has 0 bridgehead atoms. The van der Waals surface area contributed by atoms with Crippen LogP contribution in [0.5, 0.6) is 0 Å². The SMILES string of the molecule is O=C(c1cc(-c2cccnc2)on1)N(CCc1ccc(F)cc1)C1CCCC1. The van der Waals surface area contributed by atoms with E-state index in [4.69, 9.17) is 4.52 Å². The summed E-state index contributed by atoms with van der Waals surface area (Å²) in [5.41, 5.74) is 2.10. The van der Waals surface area contributed by atoms with Gasteiger partial charge < -0.3 is 9.42 Å². The van der Waals surface area contributed by atoms with Gasteiger partial charge in [0, 0.05) is 36.6 Å². The zero-order chi connectivity index (χ0) is 19.3. The Kier molecular flexibility index (Phi) is 5.46. The highest BCUT2D eigenvalue weighted by Crippen LogP contribution is 2.26. The Hall–Kier alpha value is -3.02. The standard InChI is InChI=1S/C22H22FN3O2/c23-18-9-7-16(8-10-18)11-13-26(19-5-1-2-6-19)22(27)20-14-21(28-25-20)17-4-3-12-24-15-17/h3-4,7-10,12,14-15,19H,1-2,5-6,11,13H2. The second-order valence-electron chi connectivity index (χ2n) is 7.13. The molecule has 1 saturated carbocycles. The number of carbonyl (C=O) groups is 1.